The first kappa shape index (κ1) is 15.5. The number of hydrogen-bond donors (Lipinski definition) is 0. The highest BCUT2D eigenvalue weighted by Crippen LogP contribution is 2.37. The van der Waals surface area contributed by atoms with Crippen molar-refractivity contribution >= 4 is 44.6 Å². The lowest BCUT2D eigenvalue weighted by atomic mass is 10.2. The van der Waals surface area contributed by atoms with Crippen molar-refractivity contribution in [3.8, 4) is 0 Å². The van der Waals surface area contributed by atoms with Gasteiger partial charge in [0.2, 0.25) is 0 Å². The average molecular weight is 356 g/mol. The van der Waals surface area contributed by atoms with Gasteiger partial charge in [-0.1, -0.05) is 12.1 Å². The second-order valence-electron chi connectivity index (χ2n) is 5.90. The molecule has 1 fully saturated rings. The Balaban J connectivity index is 1.64. The van der Waals surface area contributed by atoms with Crippen LogP contribution in [0.4, 0.5) is 0 Å². The van der Waals surface area contributed by atoms with Gasteiger partial charge in [-0.3, -0.25) is 9.59 Å². The third-order valence-electron chi connectivity index (χ3n) is 4.27. The molecule has 0 saturated carbocycles. The molecule has 122 valence electrons. The number of carbonyl (C=O) groups excluding carboxylic acids is 2. The molecule has 0 radical (unpaired) electrons. The molecule has 0 aliphatic carbocycles. The Labute approximate surface area is 147 Å². The predicted molar refractivity (Wildman–Crippen MR) is 97.0 cm³/mol. The highest BCUT2D eigenvalue weighted by Gasteiger charge is 2.33. The van der Waals surface area contributed by atoms with Crippen molar-refractivity contribution in [3.63, 3.8) is 0 Å². The first-order chi connectivity index (χ1) is 11.6. The molecule has 3 heterocycles. The van der Waals surface area contributed by atoms with Crippen LogP contribution in [0.5, 0.6) is 0 Å². The number of Topliss-reactive ketones (excluding diaryl/α,β-unsaturated/α-hetero) is 1. The molecule has 4 nitrogen and oxygen atoms in total. The standard InChI is InChI=1S/C18H16N2O2S2/c1-11(21)14-8-9-16(23-14)18(22)20-10-4-6-13(20)17-19-12-5-2-3-7-15(12)24-17/h2-3,5,7-9,13H,4,6,10H2,1H3. The predicted octanol–water partition coefficient (Wildman–Crippen LogP) is 4.54. The van der Waals surface area contributed by atoms with Gasteiger partial charge in [0.1, 0.15) is 5.01 Å². The highest BCUT2D eigenvalue weighted by atomic mass is 32.1. The van der Waals surface area contributed by atoms with E-state index in [1.807, 2.05) is 23.1 Å². The summed E-state index contributed by atoms with van der Waals surface area (Å²) in [6.45, 7) is 2.27. The van der Waals surface area contributed by atoms with Crippen molar-refractivity contribution in [3.05, 3.63) is 51.2 Å². The number of nitrogens with zero attached hydrogens (tertiary/aromatic N) is 2. The number of benzene rings is 1. The number of thiazole rings is 1. The number of thiophene rings is 1. The number of likely N-dealkylation sites (tertiary alicyclic amines) is 1. The molecule has 24 heavy (non-hydrogen) atoms. The number of aromatic nitrogens is 1. The monoisotopic (exact) mass is 356 g/mol. The smallest absolute Gasteiger partial charge is 0.264 e. The van der Waals surface area contributed by atoms with Gasteiger partial charge >= 0.3 is 0 Å². The zero-order valence-electron chi connectivity index (χ0n) is 13.2. The van der Waals surface area contributed by atoms with Crippen molar-refractivity contribution in [2.75, 3.05) is 6.54 Å². The van der Waals surface area contributed by atoms with Crippen molar-refractivity contribution in [1.82, 2.24) is 9.88 Å². The van der Waals surface area contributed by atoms with Crippen molar-refractivity contribution < 1.29 is 9.59 Å². The number of para-hydroxylation sites is 1. The summed E-state index contributed by atoms with van der Waals surface area (Å²) in [4.78, 5) is 32.3. The van der Waals surface area contributed by atoms with E-state index in [0.29, 0.717) is 9.75 Å². The summed E-state index contributed by atoms with van der Waals surface area (Å²) in [5.74, 6) is 0.0115. The Kier molecular flexibility index (Phi) is 3.94. The number of rotatable bonds is 3. The summed E-state index contributed by atoms with van der Waals surface area (Å²) in [5.41, 5.74) is 0.992. The molecule has 6 heteroatoms. The molecule has 1 saturated heterocycles. The average Bonchev–Trinajstić information content (AvgIpc) is 3.30. The maximum atomic E-state index is 12.9. The third kappa shape index (κ3) is 2.65. The normalized spacial score (nSPS) is 17.5. The quantitative estimate of drug-likeness (QED) is 0.648. The van der Waals surface area contributed by atoms with Crippen LogP contribution in [0.3, 0.4) is 0 Å². The van der Waals surface area contributed by atoms with E-state index in [-0.39, 0.29) is 17.7 Å². The topological polar surface area (TPSA) is 50.3 Å². The van der Waals surface area contributed by atoms with E-state index in [1.54, 1.807) is 23.5 Å². The fourth-order valence-corrected chi connectivity index (χ4v) is 5.06. The Morgan fingerprint density at radius 2 is 1.92 bits per heavy atom. The van der Waals surface area contributed by atoms with Crippen LogP contribution >= 0.6 is 22.7 Å². The van der Waals surface area contributed by atoms with Gasteiger partial charge in [-0.15, -0.1) is 22.7 Å². The fraction of sp³-hybridized carbons (Fsp3) is 0.278. The zero-order chi connectivity index (χ0) is 16.7. The molecule has 1 aliphatic rings. The molecule has 1 atom stereocenters. The maximum Gasteiger partial charge on any atom is 0.264 e. The number of carbonyl (C=O) groups is 2. The van der Waals surface area contributed by atoms with E-state index in [4.69, 9.17) is 4.98 Å². The minimum absolute atomic E-state index is 0.00296. The lowest BCUT2D eigenvalue weighted by molar-refractivity contribution is 0.0740. The van der Waals surface area contributed by atoms with E-state index < -0.39 is 0 Å². The van der Waals surface area contributed by atoms with Gasteiger partial charge < -0.3 is 4.90 Å². The molecule has 4 rings (SSSR count). The van der Waals surface area contributed by atoms with Gasteiger partial charge in [0, 0.05) is 6.54 Å². The molecular formula is C18H16N2O2S2. The van der Waals surface area contributed by atoms with E-state index in [2.05, 4.69) is 6.07 Å². The van der Waals surface area contributed by atoms with Crippen molar-refractivity contribution in [2.24, 2.45) is 0 Å². The van der Waals surface area contributed by atoms with Crippen LogP contribution in [-0.4, -0.2) is 28.1 Å². The van der Waals surface area contributed by atoms with E-state index in [0.717, 1.165) is 34.6 Å². The van der Waals surface area contributed by atoms with Gasteiger partial charge in [0.15, 0.2) is 5.78 Å². The lowest BCUT2D eigenvalue weighted by Gasteiger charge is -2.22. The third-order valence-corrected chi connectivity index (χ3v) is 6.58. The van der Waals surface area contributed by atoms with Gasteiger partial charge in [-0.05, 0) is 44.0 Å². The second-order valence-corrected chi connectivity index (χ2v) is 8.04. The summed E-state index contributed by atoms with van der Waals surface area (Å²) >= 11 is 2.95. The summed E-state index contributed by atoms with van der Waals surface area (Å²) < 4.78 is 1.15. The summed E-state index contributed by atoms with van der Waals surface area (Å²) in [6.07, 6.45) is 1.92. The summed E-state index contributed by atoms with van der Waals surface area (Å²) in [5, 5.41) is 1.00. The molecule has 1 aromatic carbocycles. The molecular weight excluding hydrogens is 340 g/mol. The maximum absolute atomic E-state index is 12.9. The largest absolute Gasteiger partial charge is 0.328 e. The van der Waals surface area contributed by atoms with E-state index in [9.17, 15) is 9.59 Å². The molecule has 1 aliphatic heterocycles. The molecule has 3 aromatic rings. The van der Waals surface area contributed by atoms with E-state index in [1.165, 1.54) is 18.3 Å². The highest BCUT2D eigenvalue weighted by molar-refractivity contribution is 7.18. The van der Waals surface area contributed by atoms with Crippen LogP contribution in [-0.2, 0) is 0 Å². The van der Waals surface area contributed by atoms with Crippen LogP contribution in [0.25, 0.3) is 10.2 Å². The van der Waals surface area contributed by atoms with Gasteiger partial charge in [0.25, 0.3) is 5.91 Å². The number of ketones is 1. The second kappa shape index (κ2) is 6.11. The van der Waals surface area contributed by atoms with Crippen LogP contribution in [0.1, 0.15) is 50.2 Å². The van der Waals surface area contributed by atoms with Crippen molar-refractivity contribution in [1.29, 1.82) is 0 Å². The summed E-state index contributed by atoms with van der Waals surface area (Å²) in [7, 11) is 0. The number of fused-ring (bicyclic) bond motifs is 1. The Morgan fingerprint density at radius 1 is 1.12 bits per heavy atom. The van der Waals surface area contributed by atoms with Crippen LogP contribution in [0, 0.1) is 0 Å². The number of hydrogen-bond acceptors (Lipinski definition) is 5. The molecule has 1 unspecified atom stereocenters. The molecule has 1 amide bonds. The lowest BCUT2D eigenvalue weighted by Crippen LogP contribution is -2.29. The van der Waals surface area contributed by atoms with Crippen LogP contribution < -0.4 is 0 Å². The van der Waals surface area contributed by atoms with Gasteiger partial charge in [0.05, 0.1) is 26.0 Å². The first-order valence-electron chi connectivity index (χ1n) is 7.90. The van der Waals surface area contributed by atoms with Gasteiger partial charge in [-0.2, -0.15) is 0 Å². The molecule has 0 spiro atoms. The SMILES string of the molecule is CC(=O)c1ccc(C(=O)N2CCCC2c2nc3ccccc3s2)s1. The van der Waals surface area contributed by atoms with Gasteiger partial charge in [-0.25, -0.2) is 4.98 Å². The number of amides is 1. The minimum atomic E-state index is 0.00296. The minimum Gasteiger partial charge on any atom is -0.328 e. The Hall–Kier alpha value is -2.05. The molecule has 0 N–H and O–H groups in total. The molecule has 0 bridgehead atoms. The Bertz CT molecular complexity index is 895. The zero-order valence-corrected chi connectivity index (χ0v) is 14.8. The summed E-state index contributed by atoms with van der Waals surface area (Å²) in [6, 6.07) is 11.6. The molecule has 2 aromatic heterocycles. The fourth-order valence-electron chi connectivity index (χ4n) is 3.08. The Morgan fingerprint density at radius 3 is 2.67 bits per heavy atom. The van der Waals surface area contributed by atoms with Crippen LogP contribution in [0.15, 0.2) is 36.4 Å². The first-order valence-corrected chi connectivity index (χ1v) is 9.54. The van der Waals surface area contributed by atoms with Crippen molar-refractivity contribution in [2.45, 2.75) is 25.8 Å². The van der Waals surface area contributed by atoms with Crippen LogP contribution in [0.2, 0.25) is 0 Å². The van der Waals surface area contributed by atoms with E-state index >= 15 is 0 Å².